The summed E-state index contributed by atoms with van der Waals surface area (Å²) in [7, 11) is 0. The summed E-state index contributed by atoms with van der Waals surface area (Å²) in [5.74, 6) is -0.118. The summed E-state index contributed by atoms with van der Waals surface area (Å²) in [4.78, 5) is 17.5. The lowest BCUT2D eigenvalue weighted by Crippen LogP contribution is -2.57. The second kappa shape index (κ2) is 6.19. The largest absolute Gasteiger partial charge is 0.470 e. The molecule has 2 aromatic rings. The van der Waals surface area contributed by atoms with E-state index in [0.29, 0.717) is 24.0 Å². The number of ether oxygens (including phenoxy) is 1. The van der Waals surface area contributed by atoms with Gasteiger partial charge >= 0.3 is 6.03 Å². The fourth-order valence-electron chi connectivity index (χ4n) is 2.05. The van der Waals surface area contributed by atoms with Crippen molar-refractivity contribution >= 4 is 23.3 Å². The van der Waals surface area contributed by atoms with E-state index < -0.39 is 5.82 Å². The fourth-order valence-corrected chi connectivity index (χ4v) is 2.22. The third-order valence-electron chi connectivity index (χ3n) is 3.25. The Morgan fingerprint density at radius 2 is 2.09 bits per heavy atom. The van der Waals surface area contributed by atoms with Crippen LogP contribution in [0.3, 0.4) is 0 Å². The lowest BCUT2D eigenvalue weighted by Gasteiger charge is -2.38. The first-order chi connectivity index (χ1) is 10.6. The standard InChI is InChI=1S/C15H13ClFN3O2/c16-11-4-3-7-18-14(11)22-10-8-20(9-10)15(21)19-13-6-2-1-5-12(13)17/h1-7,10H,8-9H2,(H,19,21). The van der Waals surface area contributed by atoms with Gasteiger partial charge in [-0.05, 0) is 24.3 Å². The van der Waals surface area contributed by atoms with Crippen molar-refractivity contribution in [1.29, 1.82) is 0 Å². The summed E-state index contributed by atoms with van der Waals surface area (Å²) >= 11 is 5.95. The van der Waals surface area contributed by atoms with E-state index in [1.165, 1.54) is 17.0 Å². The van der Waals surface area contributed by atoms with Gasteiger partial charge in [0, 0.05) is 6.20 Å². The first-order valence-corrected chi connectivity index (χ1v) is 7.09. The van der Waals surface area contributed by atoms with Crippen molar-refractivity contribution < 1.29 is 13.9 Å². The summed E-state index contributed by atoms with van der Waals surface area (Å²) < 4.78 is 19.1. The number of halogens is 2. The van der Waals surface area contributed by atoms with Gasteiger partial charge in [-0.15, -0.1) is 0 Å². The zero-order valence-corrected chi connectivity index (χ0v) is 12.3. The van der Waals surface area contributed by atoms with Crippen LogP contribution in [0.4, 0.5) is 14.9 Å². The summed E-state index contributed by atoms with van der Waals surface area (Å²) in [5, 5.41) is 2.95. The molecule has 0 atom stereocenters. The van der Waals surface area contributed by atoms with Crippen LogP contribution in [0.5, 0.6) is 5.88 Å². The molecule has 1 aliphatic rings. The minimum atomic E-state index is -0.468. The average Bonchev–Trinajstić information content (AvgIpc) is 2.46. The predicted molar refractivity (Wildman–Crippen MR) is 80.7 cm³/mol. The molecule has 22 heavy (non-hydrogen) atoms. The molecule has 1 aliphatic heterocycles. The van der Waals surface area contributed by atoms with Gasteiger partial charge in [-0.25, -0.2) is 14.2 Å². The monoisotopic (exact) mass is 321 g/mol. The predicted octanol–water partition coefficient (Wildman–Crippen LogP) is 3.17. The van der Waals surface area contributed by atoms with Crippen molar-refractivity contribution in [2.45, 2.75) is 6.10 Å². The second-order valence-electron chi connectivity index (χ2n) is 4.85. The van der Waals surface area contributed by atoms with Crippen LogP contribution in [0.15, 0.2) is 42.6 Å². The van der Waals surface area contributed by atoms with Gasteiger partial charge in [0.1, 0.15) is 16.9 Å². The van der Waals surface area contributed by atoms with E-state index >= 15 is 0 Å². The molecule has 0 radical (unpaired) electrons. The number of carbonyl (C=O) groups is 1. The van der Waals surface area contributed by atoms with Crippen LogP contribution < -0.4 is 10.1 Å². The summed E-state index contributed by atoms with van der Waals surface area (Å²) in [6.45, 7) is 0.792. The van der Waals surface area contributed by atoms with Crippen molar-refractivity contribution in [3.05, 3.63) is 53.4 Å². The normalized spacial score (nSPS) is 14.4. The number of para-hydroxylation sites is 1. The number of hydrogen-bond acceptors (Lipinski definition) is 3. The molecule has 1 fully saturated rings. The number of rotatable bonds is 3. The molecule has 3 rings (SSSR count). The van der Waals surface area contributed by atoms with E-state index in [1.807, 2.05) is 0 Å². The number of hydrogen-bond donors (Lipinski definition) is 1. The van der Waals surface area contributed by atoms with Crippen LogP contribution in [0, 0.1) is 5.82 Å². The van der Waals surface area contributed by atoms with Gasteiger partial charge in [0.25, 0.3) is 0 Å². The van der Waals surface area contributed by atoms with Crippen molar-refractivity contribution in [3.63, 3.8) is 0 Å². The van der Waals surface area contributed by atoms with Crippen molar-refractivity contribution in [2.24, 2.45) is 0 Å². The molecule has 5 nitrogen and oxygen atoms in total. The minimum absolute atomic E-state index is 0.157. The highest BCUT2D eigenvalue weighted by molar-refractivity contribution is 6.31. The molecule has 1 N–H and O–H groups in total. The molecule has 1 aromatic heterocycles. The van der Waals surface area contributed by atoms with E-state index in [2.05, 4.69) is 10.3 Å². The smallest absolute Gasteiger partial charge is 0.322 e. The number of nitrogens with one attached hydrogen (secondary N) is 1. The second-order valence-corrected chi connectivity index (χ2v) is 5.25. The third-order valence-corrected chi connectivity index (χ3v) is 3.54. The maximum atomic E-state index is 13.5. The molecule has 2 amide bonds. The Kier molecular flexibility index (Phi) is 4.11. The van der Waals surface area contributed by atoms with Crippen molar-refractivity contribution in [3.8, 4) is 5.88 Å². The lowest BCUT2D eigenvalue weighted by atomic mass is 10.2. The Morgan fingerprint density at radius 3 is 2.82 bits per heavy atom. The first-order valence-electron chi connectivity index (χ1n) is 6.71. The molecule has 0 unspecified atom stereocenters. The SMILES string of the molecule is O=C(Nc1ccccc1F)N1CC(Oc2ncccc2Cl)C1. The highest BCUT2D eigenvalue weighted by Gasteiger charge is 2.33. The lowest BCUT2D eigenvalue weighted by molar-refractivity contribution is 0.0461. The Bertz CT molecular complexity index is 692. The third kappa shape index (κ3) is 3.12. The number of likely N-dealkylation sites (tertiary alicyclic amines) is 1. The Balaban J connectivity index is 1.52. The van der Waals surface area contributed by atoms with E-state index in [4.69, 9.17) is 16.3 Å². The van der Waals surface area contributed by atoms with Crippen LogP contribution >= 0.6 is 11.6 Å². The van der Waals surface area contributed by atoms with E-state index in [0.717, 1.165) is 0 Å². The number of benzene rings is 1. The fraction of sp³-hybridized carbons (Fsp3) is 0.200. The van der Waals surface area contributed by atoms with Gasteiger partial charge in [-0.1, -0.05) is 23.7 Å². The van der Waals surface area contributed by atoms with Gasteiger partial charge < -0.3 is 15.0 Å². The van der Waals surface area contributed by atoms with Crippen LogP contribution in [0.25, 0.3) is 0 Å². The van der Waals surface area contributed by atoms with Crippen LogP contribution in [0.1, 0.15) is 0 Å². The first kappa shape index (κ1) is 14.6. The van der Waals surface area contributed by atoms with Gasteiger partial charge in [-0.2, -0.15) is 0 Å². The molecule has 0 saturated carbocycles. The number of anilines is 1. The quantitative estimate of drug-likeness (QED) is 0.944. The van der Waals surface area contributed by atoms with Crippen molar-refractivity contribution in [2.75, 3.05) is 18.4 Å². The summed E-state index contributed by atoms with van der Waals surface area (Å²) in [6.07, 6.45) is 1.42. The zero-order chi connectivity index (χ0) is 15.5. The number of carbonyl (C=O) groups excluding carboxylic acids is 1. The Hall–Kier alpha value is -2.34. The highest BCUT2D eigenvalue weighted by atomic mass is 35.5. The number of aromatic nitrogens is 1. The number of amides is 2. The Labute approximate surface area is 131 Å². The molecule has 114 valence electrons. The van der Waals surface area contributed by atoms with E-state index in [1.54, 1.807) is 30.5 Å². The molecule has 1 aromatic carbocycles. The van der Waals surface area contributed by atoms with Gasteiger partial charge in [0.05, 0.1) is 18.8 Å². The zero-order valence-electron chi connectivity index (χ0n) is 11.5. The maximum Gasteiger partial charge on any atom is 0.322 e. The highest BCUT2D eigenvalue weighted by Crippen LogP contribution is 2.24. The number of pyridine rings is 1. The summed E-state index contributed by atoms with van der Waals surface area (Å²) in [5.41, 5.74) is 0.157. The minimum Gasteiger partial charge on any atom is -0.470 e. The van der Waals surface area contributed by atoms with Crippen LogP contribution in [-0.4, -0.2) is 35.1 Å². The van der Waals surface area contributed by atoms with Gasteiger partial charge in [-0.3, -0.25) is 0 Å². The topological polar surface area (TPSA) is 54.5 Å². The van der Waals surface area contributed by atoms with Gasteiger partial charge in [0.15, 0.2) is 0 Å². The molecule has 0 bridgehead atoms. The van der Waals surface area contributed by atoms with Gasteiger partial charge in [0.2, 0.25) is 5.88 Å². The molecule has 0 spiro atoms. The molecule has 7 heteroatoms. The molecule has 1 saturated heterocycles. The molecular weight excluding hydrogens is 309 g/mol. The molecule has 2 heterocycles. The van der Waals surface area contributed by atoms with Crippen molar-refractivity contribution in [1.82, 2.24) is 9.88 Å². The van der Waals surface area contributed by atoms with Crippen LogP contribution in [-0.2, 0) is 0 Å². The van der Waals surface area contributed by atoms with E-state index in [9.17, 15) is 9.18 Å². The van der Waals surface area contributed by atoms with E-state index in [-0.39, 0.29) is 17.8 Å². The van der Waals surface area contributed by atoms with Crippen LogP contribution in [0.2, 0.25) is 5.02 Å². The Morgan fingerprint density at radius 1 is 1.32 bits per heavy atom. The molecular formula is C15H13ClFN3O2. The number of urea groups is 1. The summed E-state index contributed by atoms with van der Waals surface area (Å²) in [6, 6.07) is 9.06. The molecule has 0 aliphatic carbocycles. The average molecular weight is 322 g/mol. The maximum absolute atomic E-state index is 13.5. The number of nitrogens with zero attached hydrogens (tertiary/aromatic N) is 2.